The average molecular weight is 246 g/mol. The summed E-state index contributed by atoms with van der Waals surface area (Å²) in [7, 11) is 1.84. The molecule has 2 N–H and O–H groups in total. The minimum atomic E-state index is -0.0561. The standard InChI is InChI=1S/C13H18N4O/c1-9-4-5-12(11(6-9)10(2)14)18-7-13-15-8-16-17(13)3/h4-6,8,10H,7,14H2,1-3H3/t10-/m1/s1. The molecule has 0 bridgehead atoms. The summed E-state index contributed by atoms with van der Waals surface area (Å²) in [5.74, 6) is 1.59. The highest BCUT2D eigenvalue weighted by molar-refractivity contribution is 5.38. The van der Waals surface area contributed by atoms with E-state index in [-0.39, 0.29) is 6.04 Å². The van der Waals surface area contributed by atoms with Crippen LogP contribution in [0, 0.1) is 6.92 Å². The molecule has 2 aromatic rings. The third-order valence-corrected chi connectivity index (χ3v) is 2.82. The monoisotopic (exact) mass is 246 g/mol. The molecule has 0 fully saturated rings. The van der Waals surface area contributed by atoms with Crippen LogP contribution in [0.5, 0.6) is 5.75 Å². The van der Waals surface area contributed by atoms with E-state index in [1.165, 1.54) is 11.9 Å². The zero-order valence-electron chi connectivity index (χ0n) is 10.9. The van der Waals surface area contributed by atoms with Gasteiger partial charge in [-0.05, 0) is 19.9 Å². The SMILES string of the molecule is Cc1ccc(OCc2ncnn2C)c([C@@H](C)N)c1. The van der Waals surface area contributed by atoms with Crippen LogP contribution in [0.2, 0.25) is 0 Å². The lowest BCUT2D eigenvalue weighted by Crippen LogP contribution is -2.10. The summed E-state index contributed by atoms with van der Waals surface area (Å²) in [6.07, 6.45) is 1.51. The molecular formula is C13H18N4O. The van der Waals surface area contributed by atoms with Crippen molar-refractivity contribution in [3.05, 3.63) is 41.5 Å². The summed E-state index contributed by atoms with van der Waals surface area (Å²) in [4.78, 5) is 4.12. The zero-order chi connectivity index (χ0) is 13.1. The van der Waals surface area contributed by atoms with E-state index >= 15 is 0 Å². The second-order valence-electron chi connectivity index (χ2n) is 4.42. The van der Waals surface area contributed by atoms with Crippen LogP contribution >= 0.6 is 0 Å². The molecule has 1 atom stereocenters. The van der Waals surface area contributed by atoms with E-state index in [2.05, 4.69) is 16.1 Å². The molecule has 0 aliphatic rings. The quantitative estimate of drug-likeness (QED) is 0.892. The summed E-state index contributed by atoms with van der Waals surface area (Å²) in [6.45, 7) is 4.38. The normalized spacial score (nSPS) is 12.4. The second kappa shape index (κ2) is 5.18. The molecule has 5 heteroatoms. The lowest BCUT2D eigenvalue weighted by molar-refractivity contribution is 0.285. The maximum absolute atomic E-state index is 5.95. The van der Waals surface area contributed by atoms with Gasteiger partial charge in [0, 0.05) is 18.7 Å². The van der Waals surface area contributed by atoms with Gasteiger partial charge in [-0.1, -0.05) is 17.7 Å². The number of nitrogens with zero attached hydrogens (tertiary/aromatic N) is 3. The molecule has 96 valence electrons. The fourth-order valence-corrected chi connectivity index (χ4v) is 1.75. The molecular weight excluding hydrogens is 228 g/mol. The van der Waals surface area contributed by atoms with Gasteiger partial charge in [-0.2, -0.15) is 5.10 Å². The molecule has 1 aromatic carbocycles. The first-order valence-corrected chi connectivity index (χ1v) is 5.89. The van der Waals surface area contributed by atoms with E-state index in [1.807, 2.05) is 33.0 Å². The van der Waals surface area contributed by atoms with Crippen LogP contribution in [0.4, 0.5) is 0 Å². The van der Waals surface area contributed by atoms with E-state index in [9.17, 15) is 0 Å². The van der Waals surface area contributed by atoms with Gasteiger partial charge in [-0.3, -0.25) is 4.68 Å². The number of rotatable bonds is 4. The lowest BCUT2D eigenvalue weighted by atomic mass is 10.1. The minimum absolute atomic E-state index is 0.0561. The van der Waals surface area contributed by atoms with Crippen LogP contribution in [0.15, 0.2) is 24.5 Å². The summed E-state index contributed by atoms with van der Waals surface area (Å²) >= 11 is 0. The van der Waals surface area contributed by atoms with Crippen molar-refractivity contribution in [2.45, 2.75) is 26.5 Å². The summed E-state index contributed by atoms with van der Waals surface area (Å²) in [5, 5.41) is 4.00. The van der Waals surface area contributed by atoms with Gasteiger partial charge in [-0.25, -0.2) is 4.98 Å². The third kappa shape index (κ3) is 2.68. The Morgan fingerprint density at radius 1 is 1.44 bits per heavy atom. The number of nitrogens with two attached hydrogens (primary N) is 1. The maximum Gasteiger partial charge on any atom is 0.164 e. The topological polar surface area (TPSA) is 66.0 Å². The first kappa shape index (κ1) is 12.6. The molecule has 2 rings (SSSR count). The van der Waals surface area contributed by atoms with Gasteiger partial charge in [0.05, 0.1) is 0 Å². The van der Waals surface area contributed by atoms with Gasteiger partial charge in [0.15, 0.2) is 5.82 Å². The van der Waals surface area contributed by atoms with Crippen molar-refractivity contribution in [3.63, 3.8) is 0 Å². The molecule has 18 heavy (non-hydrogen) atoms. The molecule has 5 nitrogen and oxygen atoms in total. The van der Waals surface area contributed by atoms with Crippen molar-refractivity contribution >= 4 is 0 Å². The van der Waals surface area contributed by atoms with E-state index in [4.69, 9.17) is 10.5 Å². The second-order valence-corrected chi connectivity index (χ2v) is 4.42. The van der Waals surface area contributed by atoms with E-state index < -0.39 is 0 Å². The first-order chi connectivity index (χ1) is 8.58. The fraction of sp³-hybridized carbons (Fsp3) is 0.385. The Morgan fingerprint density at radius 2 is 2.22 bits per heavy atom. The first-order valence-electron chi connectivity index (χ1n) is 5.89. The molecule has 0 amide bonds. The predicted molar refractivity (Wildman–Crippen MR) is 69.1 cm³/mol. The molecule has 0 spiro atoms. The van der Waals surface area contributed by atoms with Crippen LogP contribution in [-0.2, 0) is 13.7 Å². The van der Waals surface area contributed by atoms with Crippen molar-refractivity contribution < 1.29 is 4.74 Å². The molecule has 0 aliphatic carbocycles. The largest absolute Gasteiger partial charge is 0.485 e. The lowest BCUT2D eigenvalue weighted by Gasteiger charge is -2.14. The Bertz CT molecular complexity index is 534. The number of aromatic nitrogens is 3. The van der Waals surface area contributed by atoms with Crippen LogP contribution in [0.1, 0.15) is 29.9 Å². The van der Waals surface area contributed by atoms with E-state index in [0.717, 1.165) is 17.1 Å². The number of hydrogen-bond donors (Lipinski definition) is 1. The molecule has 0 aliphatic heterocycles. The Balaban J connectivity index is 2.16. The Labute approximate surface area is 107 Å². The van der Waals surface area contributed by atoms with E-state index in [1.54, 1.807) is 4.68 Å². The number of aryl methyl sites for hydroxylation is 2. The van der Waals surface area contributed by atoms with Gasteiger partial charge >= 0.3 is 0 Å². The highest BCUT2D eigenvalue weighted by Gasteiger charge is 2.09. The molecule has 0 saturated carbocycles. The fourth-order valence-electron chi connectivity index (χ4n) is 1.75. The molecule has 1 heterocycles. The van der Waals surface area contributed by atoms with Gasteiger partial charge in [-0.15, -0.1) is 0 Å². The van der Waals surface area contributed by atoms with Crippen molar-refractivity contribution in [2.75, 3.05) is 0 Å². The van der Waals surface area contributed by atoms with Crippen LogP contribution in [-0.4, -0.2) is 14.8 Å². The summed E-state index contributed by atoms with van der Waals surface area (Å²) < 4.78 is 7.47. The highest BCUT2D eigenvalue weighted by atomic mass is 16.5. The highest BCUT2D eigenvalue weighted by Crippen LogP contribution is 2.25. The van der Waals surface area contributed by atoms with Crippen molar-refractivity contribution in [1.82, 2.24) is 14.8 Å². The third-order valence-electron chi connectivity index (χ3n) is 2.82. The number of ether oxygens (including phenoxy) is 1. The summed E-state index contributed by atoms with van der Waals surface area (Å²) in [6, 6.07) is 5.96. The van der Waals surface area contributed by atoms with Crippen molar-refractivity contribution in [2.24, 2.45) is 12.8 Å². The van der Waals surface area contributed by atoms with Gasteiger partial charge < -0.3 is 10.5 Å². The van der Waals surface area contributed by atoms with Crippen molar-refractivity contribution in [3.8, 4) is 5.75 Å². The van der Waals surface area contributed by atoms with Crippen LogP contribution < -0.4 is 10.5 Å². The predicted octanol–water partition coefficient (Wildman–Crippen LogP) is 1.72. The molecule has 1 aromatic heterocycles. The van der Waals surface area contributed by atoms with Gasteiger partial charge in [0.25, 0.3) is 0 Å². The minimum Gasteiger partial charge on any atom is -0.485 e. The maximum atomic E-state index is 5.95. The van der Waals surface area contributed by atoms with Crippen molar-refractivity contribution in [1.29, 1.82) is 0 Å². The Hall–Kier alpha value is -1.88. The number of benzene rings is 1. The zero-order valence-corrected chi connectivity index (χ0v) is 10.9. The smallest absolute Gasteiger partial charge is 0.164 e. The Kier molecular flexibility index (Phi) is 3.62. The van der Waals surface area contributed by atoms with E-state index in [0.29, 0.717) is 6.61 Å². The average Bonchev–Trinajstić information content (AvgIpc) is 2.73. The molecule has 0 radical (unpaired) electrons. The van der Waals surface area contributed by atoms with Gasteiger partial charge in [0.1, 0.15) is 18.7 Å². The molecule has 0 saturated heterocycles. The molecule has 0 unspecified atom stereocenters. The van der Waals surface area contributed by atoms with Crippen LogP contribution in [0.25, 0.3) is 0 Å². The Morgan fingerprint density at radius 3 is 2.83 bits per heavy atom. The number of hydrogen-bond acceptors (Lipinski definition) is 4. The van der Waals surface area contributed by atoms with Crippen LogP contribution in [0.3, 0.4) is 0 Å². The van der Waals surface area contributed by atoms with Gasteiger partial charge in [0.2, 0.25) is 0 Å². The summed E-state index contributed by atoms with van der Waals surface area (Å²) in [5.41, 5.74) is 8.13.